The summed E-state index contributed by atoms with van der Waals surface area (Å²) in [5, 5.41) is 10.2. The van der Waals surface area contributed by atoms with Crippen molar-refractivity contribution in [1.29, 1.82) is 5.41 Å². The highest BCUT2D eigenvalue weighted by Gasteiger charge is 2.11. The second-order valence-corrected chi connectivity index (χ2v) is 6.12. The van der Waals surface area contributed by atoms with Crippen LogP contribution < -0.4 is 10.5 Å². The number of thiophene rings is 2. The van der Waals surface area contributed by atoms with E-state index >= 15 is 0 Å². The summed E-state index contributed by atoms with van der Waals surface area (Å²) < 4.78 is 6.27. The van der Waals surface area contributed by atoms with Crippen LogP contribution in [0.2, 0.25) is 0 Å². The first-order chi connectivity index (χ1) is 9.63. The molecule has 0 spiro atoms. The molecule has 0 aliphatic rings. The highest BCUT2D eigenvalue weighted by Crippen LogP contribution is 2.29. The number of nitrogen functional groups attached to an aromatic ring is 1. The van der Waals surface area contributed by atoms with E-state index in [9.17, 15) is 4.79 Å². The summed E-state index contributed by atoms with van der Waals surface area (Å²) in [5.41, 5.74) is 5.47. The molecule has 3 aromatic rings. The van der Waals surface area contributed by atoms with Gasteiger partial charge < -0.3 is 10.5 Å². The number of esters is 1. The summed E-state index contributed by atoms with van der Waals surface area (Å²) in [6.45, 7) is 0. The fourth-order valence-electron chi connectivity index (χ4n) is 1.76. The molecule has 4 nitrogen and oxygen atoms in total. The first kappa shape index (κ1) is 12.8. The van der Waals surface area contributed by atoms with E-state index in [1.54, 1.807) is 18.2 Å². The van der Waals surface area contributed by atoms with Crippen LogP contribution in [0.3, 0.4) is 0 Å². The Balaban J connectivity index is 1.89. The third-order valence-electron chi connectivity index (χ3n) is 2.69. The largest absolute Gasteiger partial charge is 0.422 e. The molecule has 1 aromatic carbocycles. The van der Waals surface area contributed by atoms with Crippen molar-refractivity contribution in [3.05, 3.63) is 51.5 Å². The molecule has 0 aliphatic heterocycles. The van der Waals surface area contributed by atoms with E-state index in [4.69, 9.17) is 15.9 Å². The van der Waals surface area contributed by atoms with Crippen molar-refractivity contribution in [2.45, 2.75) is 0 Å². The highest BCUT2D eigenvalue weighted by atomic mass is 32.1. The van der Waals surface area contributed by atoms with E-state index in [1.807, 2.05) is 23.6 Å². The Kier molecular flexibility index (Phi) is 3.25. The first-order valence-corrected chi connectivity index (χ1v) is 7.47. The minimum absolute atomic E-state index is 0.0448. The number of nitrogens with one attached hydrogen (secondary N) is 1. The standard InChI is InChI=1S/C14H10N2O2S2/c15-13(16)12-6-8-3-4-9(7-11(8)20-12)18-14(17)10-2-1-5-19-10/h1-7H,(H3,15,16). The summed E-state index contributed by atoms with van der Waals surface area (Å²) in [4.78, 5) is 13.1. The number of carbonyl (C=O) groups is 1. The van der Waals surface area contributed by atoms with Crippen LogP contribution in [0.1, 0.15) is 14.5 Å². The first-order valence-electron chi connectivity index (χ1n) is 5.77. The van der Waals surface area contributed by atoms with Gasteiger partial charge in [-0.25, -0.2) is 4.79 Å². The van der Waals surface area contributed by atoms with Gasteiger partial charge in [-0.3, -0.25) is 5.41 Å². The number of amidine groups is 1. The maximum atomic E-state index is 11.9. The zero-order chi connectivity index (χ0) is 14.1. The molecule has 100 valence electrons. The fraction of sp³-hybridized carbons (Fsp3) is 0. The average Bonchev–Trinajstić information content (AvgIpc) is 3.07. The smallest absolute Gasteiger partial charge is 0.353 e. The molecule has 20 heavy (non-hydrogen) atoms. The zero-order valence-electron chi connectivity index (χ0n) is 10.3. The Hall–Kier alpha value is -2.18. The van der Waals surface area contributed by atoms with Gasteiger partial charge in [0.2, 0.25) is 0 Å². The van der Waals surface area contributed by atoms with Crippen molar-refractivity contribution in [2.24, 2.45) is 5.73 Å². The predicted molar refractivity (Wildman–Crippen MR) is 82.1 cm³/mol. The van der Waals surface area contributed by atoms with Crippen molar-refractivity contribution >= 4 is 44.6 Å². The molecule has 2 aromatic heterocycles. The summed E-state index contributed by atoms with van der Waals surface area (Å²) in [6, 6.07) is 10.8. The van der Waals surface area contributed by atoms with E-state index in [2.05, 4.69) is 0 Å². The summed E-state index contributed by atoms with van der Waals surface area (Å²) in [6.07, 6.45) is 0. The minimum atomic E-state index is -0.359. The third-order valence-corrected chi connectivity index (χ3v) is 4.67. The van der Waals surface area contributed by atoms with E-state index in [1.165, 1.54) is 22.7 Å². The Morgan fingerprint density at radius 1 is 1.20 bits per heavy atom. The average molecular weight is 302 g/mol. The molecule has 0 unspecified atom stereocenters. The van der Waals surface area contributed by atoms with Crippen LogP contribution in [0.5, 0.6) is 5.75 Å². The molecule has 2 heterocycles. The molecule has 3 N–H and O–H groups in total. The maximum absolute atomic E-state index is 11.9. The number of hydrogen-bond donors (Lipinski definition) is 2. The van der Waals surface area contributed by atoms with Gasteiger partial charge in [-0.05, 0) is 41.1 Å². The lowest BCUT2D eigenvalue weighted by atomic mass is 10.2. The van der Waals surface area contributed by atoms with Crippen LogP contribution in [0, 0.1) is 5.41 Å². The van der Waals surface area contributed by atoms with Gasteiger partial charge in [-0.2, -0.15) is 0 Å². The van der Waals surface area contributed by atoms with Crippen LogP contribution in [-0.4, -0.2) is 11.8 Å². The molecule has 0 radical (unpaired) electrons. The number of carbonyl (C=O) groups excluding carboxylic acids is 1. The third kappa shape index (κ3) is 2.43. The lowest BCUT2D eigenvalue weighted by Crippen LogP contribution is -2.08. The number of fused-ring (bicyclic) bond motifs is 1. The SMILES string of the molecule is N=C(N)c1cc2ccc(OC(=O)c3cccs3)cc2s1. The quantitative estimate of drug-likeness (QED) is 0.337. The Labute approximate surface area is 122 Å². The maximum Gasteiger partial charge on any atom is 0.353 e. The van der Waals surface area contributed by atoms with Crippen molar-refractivity contribution in [3.63, 3.8) is 0 Å². The lowest BCUT2D eigenvalue weighted by Gasteiger charge is -2.02. The van der Waals surface area contributed by atoms with Crippen molar-refractivity contribution in [1.82, 2.24) is 0 Å². The Morgan fingerprint density at radius 3 is 2.75 bits per heavy atom. The second-order valence-electron chi connectivity index (χ2n) is 4.09. The Morgan fingerprint density at radius 2 is 2.05 bits per heavy atom. The molecule has 0 amide bonds. The zero-order valence-corrected chi connectivity index (χ0v) is 11.9. The summed E-state index contributed by atoms with van der Waals surface area (Å²) >= 11 is 2.75. The molecule has 0 bridgehead atoms. The number of benzene rings is 1. The predicted octanol–water partition coefficient (Wildman–Crippen LogP) is 3.47. The molecule has 0 saturated heterocycles. The van der Waals surface area contributed by atoms with Crippen LogP contribution in [-0.2, 0) is 0 Å². The Bertz CT molecular complexity index is 791. The topological polar surface area (TPSA) is 76.2 Å². The van der Waals surface area contributed by atoms with Gasteiger partial charge in [0.25, 0.3) is 0 Å². The molecular formula is C14H10N2O2S2. The van der Waals surface area contributed by atoms with Gasteiger partial charge in [-0.15, -0.1) is 22.7 Å². The molecule has 0 saturated carbocycles. The minimum Gasteiger partial charge on any atom is -0.422 e. The van der Waals surface area contributed by atoms with Gasteiger partial charge in [0.05, 0.1) is 4.88 Å². The monoisotopic (exact) mass is 302 g/mol. The van der Waals surface area contributed by atoms with Crippen LogP contribution >= 0.6 is 22.7 Å². The van der Waals surface area contributed by atoms with Gasteiger partial charge in [0, 0.05) is 4.70 Å². The highest BCUT2D eigenvalue weighted by molar-refractivity contribution is 7.20. The fourth-order valence-corrected chi connectivity index (χ4v) is 3.31. The molecule has 3 rings (SSSR count). The molecule has 6 heteroatoms. The molecule has 0 fully saturated rings. The van der Waals surface area contributed by atoms with Gasteiger partial charge >= 0.3 is 5.97 Å². The summed E-state index contributed by atoms with van der Waals surface area (Å²) in [7, 11) is 0. The van der Waals surface area contributed by atoms with Gasteiger partial charge in [-0.1, -0.05) is 6.07 Å². The molecule has 0 aliphatic carbocycles. The van der Waals surface area contributed by atoms with E-state index < -0.39 is 0 Å². The van der Waals surface area contributed by atoms with Crippen molar-refractivity contribution in [3.8, 4) is 5.75 Å². The van der Waals surface area contributed by atoms with Crippen LogP contribution in [0.4, 0.5) is 0 Å². The van der Waals surface area contributed by atoms with E-state index in [0.717, 1.165) is 10.1 Å². The van der Waals surface area contributed by atoms with Crippen molar-refractivity contribution < 1.29 is 9.53 Å². The number of nitrogens with two attached hydrogens (primary N) is 1. The normalized spacial score (nSPS) is 10.6. The van der Waals surface area contributed by atoms with Crippen LogP contribution in [0.15, 0.2) is 41.8 Å². The second kappa shape index (κ2) is 5.07. The van der Waals surface area contributed by atoms with Gasteiger partial charge in [0.15, 0.2) is 0 Å². The molecular weight excluding hydrogens is 292 g/mol. The van der Waals surface area contributed by atoms with Gasteiger partial charge in [0.1, 0.15) is 16.5 Å². The molecule has 0 atom stereocenters. The van der Waals surface area contributed by atoms with E-state index in [0.29, 0.717) is 15.5 Å². The number of ether oxygens (including phenoxy) is 1. The lowest BCUT2D eigenvalue weighted by molar-refractivity contribution is 0.0740. The van der Waals surface area contributed by atoms with Crippen LogP contribution in [0.25, 0.3) is 10.1 Å². The number of hydrogen-bond acceptors (Lipinski definition) is 5. The van der Waals surface area contributed by atoms with E-state index in [-0.39, 0.29) is 11.8 Å². The van der Waals surface area contributed by atoms with Crippen molar-refractivity contribution in [2.75, 3.05) is 0 Å². The number of rotatable bonds is 3. The summed E-state index contributed by atoms with van der Waals surface area (Å²) in [5.74, 6) is 0.180.